The van der Waals surface area contributed by atoms with E-state index in [1.807, 2.05) is 18.3 Å². The van der Waals surface area contributed by atoms with Crippen molar-refractivity contribution in [3.8, 4) is 5.75 Å². The highest BCUT2D eigenvalue weighted by Gasteiger charge is 1.96. The van der Waals surface area contributed by atoms with Gasteiger partial charge in [0.1, 0.15) is 12.4 Å². The largest absolute Gasteiger partial charge is 0.489 e. The van der Waals surface area contributed by atoms with Gasteiger partial charge in [-0.05, 0) is 43.5 Å². The predicted molar refractivity (Wildman–Crippen MR) is 63.2 cm³/mol. The molecule has 0 saturated heterocycles. The fourth-order valence-electron chi connectivity index (χ4n) is 1.42. The second kappa shape index (κ2) is 4.22. The monoisotopic (exact) mass is 201 g/mol. The predicted octanol–water partition coefficient (Wildman–Crippen LogP) is 3.51. The van der Waals surface area contributed by atoms with Crippen LogP contribution in [-0.2, 0) is 0 Å². The summed E-state index contributed by atoms with van der Waals surface area (Å²) >= 11 is 0. The topological polar surface area (TPSA) is 25.0 Å². The van der Waals surface area contributed by atoms with Crippen LogP contribution < -0.4 is 4.74 Å². The van der Waals surface area contributed by atoms with Crippen LogP contribution in [0.4, 0.5) is 0 Å². The van der Waals surface area contributed by atoms with Crippen molar-refractivity contribution in [1.29, 1.82) is 0 Å². The lowest BCUT2D eigenvalue weighted by Crippen LogP contribution is -1.93. The maximum atomic E-state index is 5.60. The number of aromatic nitrogens is 1. The number of H-pyrrole nitrogens is 1. The number of fused-ring (bicyclic) bond motifs is 1. The first-order chi connectivity index (χ1) is 7.25. The van der Waals surface area contributed by atoms with Crippen molar-refractivity contribution in [2.24, 2.45) is 0 Å². The van der Waals surface area contributed by atoms with Gasteiger partial charge in [0, 0.05) is 17.8 Å². The van der Waals surface area contributed by atoms with Gasteiger partial charge in [0.15, 0.2) is 0 Å². The SMILES string of the molecule is CC(C)=CCOc1ccc2cc[nH]c2c1. The smallest absolute Gasteiger partial charge is 0.121 e. The first-order valence-electron chi connectivity index (χ1n) is 5.09. The quantitative estimate of drug-likeness (QED) is 0.755. The molecule has 0 radical (unpaired) electrons. The number of aromatic amines is 1. The molecule has 1 heterocycles. The average Bonchev–Trinajstić information content (AvgIpc) is 2.64. The Morgan fingerprint density at radius 2 is 2.20 bits per heavy atom. The molecule has 2 heteroatoms. The second-order valence-corrected chi connectivity index (χ2v) is 3.82. The third-order valence-corrected chi connectivity index (χ3v) is 2.27. The molecule has 1 N–H and O–H groups in total. The summed E-state index contributed by atoms with van der Waals surface area (Å²) in [6.07, 6.45) is 4.00. The molecular formula is C13H15NO. The molecular weight excluding hydrogens is 186 g/mol. The third-order valence-electron chi connectivity index (χ3n) is 2.27. The minimum atomic E-state index is 0.633. The Kier molecular flexibility index (Phi) is 2.77. The molecule has 78 valence electrons. The molecule has 2 nitrogen and oxygen atoms in total. The highest BCUT2D eigenvalue weighted by Crippen LogP contribution is 2.19. The second-order valence-electron chi connectivity index (χ2n) is 3.82. The summed E-state index contributed by atoms with van der Waals surface area (Å²) in [6.45, 7) is 4.77. The molecule has 1 aromatic carbocycles. The Labute approximate surface area is 89.6 Å². The Bertz CT molecular complexity index is 478. The van der Waals surface area contributed by atoms with Crippen molar-refractivity contribution < 1.29 is 4.74 Å². The van der Waals surface area contributed by atoms with E-state index in [4.69, 9.17) is 4.74 Å². The molecule has 15 heavy (non-hydrogen) atoms. The minimum Gasteiger partial charge on any atom is -0.489 e. The number of ether oxygens (including phenoxy) is 1. The molecule has 0 saturated carbocycles. The van der Waals surface area contributed by atoms with Crippen LogP contribution in [0.1, 0.15) is 13.8 Å². The van der Waals surface area contributed by atoms with Crippen LogP contribution in [0.25, 0.3) is 10.9 Å². The first kappa shape index (κ1) is 9.84. The van der Waals surface area contributed by atoms with Crippen LogP contribution in [0.5, 0.6) is 5.75 Å². The Morgan fingerprint density at radius 1 is 1.33 bits per heavy atom. The summed E-state index contributed by atoms with van der Waals surface area (Å²) in [6, 6.07) is 8.13. The van der Waals surface area contributed by atoms with Gasteiger partial charge in [0.25, 0.3) is 0 Å². The van der Waals surface area contributed by atoms with Gasteiger partial charge in [-0.15, -0.1) is 0 Å². The molecule has 2 aromatic rings. The summed E-state index contributed by atoms with van der Waals surface area (Å²) in [5.41, 5.74) is 2.39. The van der Waals surface area contributed by atoms with Crippen molar-refractivity contribution in [3.63, 3.8) is 0 Å². The van der Waals surface area contributed by atoms with Gasteiger partial charge in [0.2, 0.25) is 0 Å². The third kappa shape index (κ3) is 2.40. The molecule has 0 fully saturated rings. The highest BCUT2D eigenvalue weighted by molar-refractivity contribution is 5.80. The van der Waals surface area contributed by atoms with Gasteiger partial charge in [-0.1, -0.05) is 5.57 Å². The first-order valence-corrected chi connectivity index (χ1v) is 5.09. The molecule has 0 bridgehead atoms. The molecule has 0 aliphatic heterocycles. The Balaban J connectivity index is 2.11. The Morgan fingerprint density at radius 3 is 3.00 bits per heavy atom. The van der Waals surface area contributed by atoms with E-state index in [2.05, 4.69) is 37.0 Å². The van der Waals surface area contributed by atoms with Crippen LogP contribution in [0.3, 0.4) is 0 Å². The molecule has 1 aromatic heterocycles. The van der Waals surface area contributed by atoms with Crippen molar-refractivity contribution in [2.75, 3.05) is 6.61 Å². The Hall–Kier alpha value is -1.70. The number of benzene rings is 1. The standard InChI is InChI=1S/C13H15NO/c1-10(2)6-8-15-12-4-3-11-5-7-14-13(11)9-12/h3-7,9,14H,8H2,1-2H3. The van der Waals surface area contributed by atoms with Crippen molar-refractivity contribution in [1.82, 2.24) is 4.98 Å². The molecule has 0 atom stereocenters. The highest BCUT2D eigenvalue weighted by atomic mass is 16.5. The number of hydrogen-bond donors (Lipinski definition) is 1. The van der Waals surface area contributed by atoms with E-state index >= 15 is 0 Å². The molecule has 0 spiro atoms. The van der Waals surface area contributed by atoms with Crippen molar-refractivity contribution in [2.45, 2.75) is 13.8 Å². The normalized spacial score (nSPS) is 10.3. The van der Waals surface area contributed by atoms with Gasteiger partial charge >= 0.3 is 0 Å². The fourth-order valence-corrected chi connectivity index (χ4v) is 1.42. The van der Waals surface area contributed by atoms with Gasteiger partial charge < -0.3 is 9.72 Å². The van der Waals surface area contributed by atoms with E-state index in [0.29, 0.717) is 6.61 Å². The molecule has 0 aliphatic carbocycles. The lowest BCUT2D eigenvalue weighted by Gasteiger charge is -2.03. The van der Waals surface area contributed by atoms with Gasteiger partial charge in [-0.3, -0.25) is 0 Å². The minimum absolute atomic E-state index is 0.633. The molecule has 0 amide bonds. The van der Waals surface area contributed by atoms with E-state index in [9.17, 15) is 0 Å². The van der Waals surface area contributed by atoms with E-state index < -0.39 is 0 Å². The summed E-state index contributed by atoms with van der Waals surface area (Å²) in [5.74, 6) is 0.905. The van der Waals surface area contributed by atoms with Crippen LogP contribution in [0.2, 0.25) is 0 Å². The fraction of sp³-hybridized carbons (Fsp3) is 0.231. The zero-order chi connectivity index (χ0) is 10.7. The van der Waals surface area contributed by atoms with Gasteiger partial charge in [-0.25, -0.2) is 0 Å². The maximum Gasteiger partial charge on any atom is 0.121 e. The van der Waals surface area contributed by atoms with Crippen molar-refractivity contribution >= 4 is 10.9 Å². The van der Waals surface area contributed by atoms with Gasteiger partial charge in [0.05, 0.1) is 0 Å². The van der Waals surface area contributed by atoms with Crippen LogP contribution in [-0.4, -0.2) is 11.6 Å². The van der Waals surface area contributed by atoms with E-state index in [0.717, 1.165) is 11.3 Å². The van der Waals surface area contributed by atoms with Gasteiger partial charge in [-0.2, -0.15) is 0 Å². The zero-order valence-corrected chi connectivity index (χ0v) is 9.08. The van der Waals surface area contributed by atoms with Crippen LogP contribution in [0.15, 0.2) is 42.1 Å². The summed E-state index contributed by atoms with van der Waals surface area (Å²) in [4.78, 5) is 3.16. The number of nitrogens with one attached hydrogen (secondary N) is 1. The van der Waals surface area contributed by atoms with Crippen LogP contribution in [0, 0.1) is 0 Å². The molecule has 2 rings (SSSR count). The van der Waals surface area contributed by atoms with Crippen molar-refractivity contribution in [3.05, 3.63) is 42.1 Å². The number of allylic oxidation sites excluding steroid dienone is 1. The van der Waals surface area contributed by atoms with E-state index in [-0.39, 0.29) is 0 Å². The van der Waals surface area contributed by atoms with E-state index in [1.54, 1.807) is 0 Å². The molecule has 0 unspecified atom stereocenters. The average molecular weight is 201 g/mol. The summed E-state index contributed by atoms with van der Waals surface area (Å²) in [7, 11) is 0. The summed E-state index contributed by atoms with van der Waals surface area (Å²) in [5, 5.41) is 1.21. The van der Waals surface area contributed by atoms with E-state index in [1.165, 1.54) is 11.0 Å². The zero-order valence-electron chi connectivity index (χ0n) is 9.08. The lowest BCUT2D eigenvalue weighted by atomic mass is 10.2. The number of rotatable bonds is 3. The number of hydrogen-bond acceptors (Lipinski definition) is 1. The summed E-state index contributed by atoms with van der Waals surface area (Å²) < 4.78 is 5.60. The van der Waals surface area contributed by atoms with Crippen LogP contribution >= 0.6 is 0 Å². The molecule has 0 aliphatic rings. The lowest BCUT2D eigenvalue weighted by molar-refractivity contribution is 0.362. The maximum absolute atomic E-state index is 5.60.